The van der Waals surface area contributed by atoms with Gasteiger partial charge in [0.25, 0.3) is 0 Å². The van der Waals surface area contributed by atoms with Crippen LogP contribution in [0.15, 0.2) is 46.1 Å². The summed E-state index contributed by atoms with van der Waals surface area (Å²) in [6.45, 7) is 6.84. The van der Waals surface area contributed by atoms with Gasteiger partial charge < -0.3 is 9.09 Å². The third kappa shape index (κ3) is 4.87. The molecule has 2 aromatic heterocycles. The Labute approximate surface area is 174 Å². The van der Waals surface area contributed by atoms with Crippen molar-refractivity contribution >= 4 is 23.6 Å². The van der Waals surface area contributed by atoms with Crippen LogP contribution in [-0.4, -0.2) is 31.6 Å². The van der Waals surface area contributed by atoms with Gasteiger partial charge in [0.15, 0.2) is 5.16 Å². The average molecular weight is 412 g/mol. The quantitative estimate of drug-likeness (QED) is 0.586. The van der Waals surface area contributed by atoms with Crippen molar-refractivity contribution in [3.8, 4) is 0 Å². The summed E-state index contributed by atoms with van der Waals surface area (Å²) in [5.74, 6) is 1.93. The summed E-state index contributed by atoms with van der Waals surface area (Å²) in [7, 11) is 0. The number of carbonyl (C=O) groups is 1. The molecule has 2 heterocycles. The third-order valence-electron chi connectivity index (χ3n) is 4.75. The van der Waals surface area contributed by atoms with E-state index in [4.69, 9.17) is 4.52 Å². The molecule has 0 aliphatic heterocycles. The molecule has 3 aromatic rings. The maximum Gasteiger partial charge on any atom is 0.237 e. The van der Waals surface area contributed by atoms with Crippen molar-refractivity contribution in [3.63, 3.8) is 0 Å². The van der Waals surface area contributed by atoms with E-state index in [1.807, 2.05) is 39.0 Å². The Kier molecular flexibility index (Phi) is 5.45. The summed E-state index contributed by atoms with van der Waals surface area (Å²) in [4.78, 5) is 12.4. The van der Waals surface area contributed by atoms with Gasteiger partial charge >= 0.3 is 0 Å². The molecule has 29 heavy (non-hydrogen) atoms. The highest BCUT2D eigenvalue weighted by molar-refractivity contribution is 7.99. The molecule has 8 heteroatoms. The molecule has 1 aromatic carbocycles. The fourth-order valence-electron chi connectivity index (χ4n) is 2.96. The van der Waals surface area contributed by atoms with Crippen molar-refractivity contribution in [3.05, 3.63) is 53.5 Å². The van der Waals surface area contributed by atoms with Crippen molar-refractivity contribution in [1.29, 1.82) is 0 Å². The Balaban J connectivity index is 1.41. The molecule has 0 radical (unpaired) electrons. The topological polar surface area (TPSA) is 85.8 Å². The molecule has 152 valence electrons. The number of anilines is 1. The molecule has 1 aliphatic rings. The number of rotatable bonds is 7. The first-order valence-electron chi connectivity index (χ1n) is 9.77. The van der Waals surface area contributed by atoms with Gasteiger partial charge in [-0.05, 0) is 18.4 Å². The van der Waals surface area contributed by atoms with E-state index in [0.717, 1.165) is 29.5 Å². The highest BCUT2D eigenvalue weighted by Crippen LogP contribution is 2.40. The van der Waals surface area contributed by atoms with E-state index in [0.29, 0.717) is 18.3 Å². The van der Waals surface area contributed by atoms with E-state index >= 15 is 0 Å². The van der Waals surface area contributed by atoms with Gasteiger partial charge in [-0.2, -0.15) is 0 Å². The van der Waals surface area contributed by atoms with Gasteiger partial charge in [-0.3, -0.25) is 10.1 Å². The lowest BCUT2D eigenvalue weighted by Gasteiger charge is -2.12. The fraction of sp³-hybridized carbons (Fsp3) is 0.429. The van der Waals surface area contributed by atoms with Crippen LogP contribution in [0.2, 0.25) is 0 Å². The van der Waals surface area contributed by atoms with E-state index in [2.05, 4.69) is 37.4 Å². The summed E-state index contributed by atoms with van der Waals surface area (Å²) in [5, 5.41) is 16.3. The molecular weight excluding hydrogens is 386 g/mol. The molecule has 7 nitrogen and oxygen atoms in total. The molecule has 1 amide bonds. The van der Waals surface area contributed by atoms with Crippen molar-refractivity contribution in [2.75, 3.05) is 11.1 Å². The summed E-state index contributed by atoms with van der Waals surface area (Å²) in [6.07, 6.45) is 2.30. The fourth-order valence-corrected chi connectivity index (χ4v) is 3.70. The number of carbonyl (C=O) groups excluding carboxylic acids is 1. The Hall–Kier alpha value is -2.61. The lowest BCUT2D eigenvalue weighted by molar-refractivity contribution is -0.113. The number of nitrogens with one attached hydrogen (secondary N) is 1. The van der Waals surface area contributed by atoms with Crippen LogP contribution >= 0.6 is 11.8 Å². The predicted molar refractivity (Wildman–Crippen MR) is 112 cm³/mol. The molecule has 0 saturated heterocycles. The smallest absolute Gasteiger partial charge is 0.237 e. The second-order valence-electron chi connectivity index (χ2n) is 8.35. The van der Waals surface area contributed by atoms with E-state index in [9.17, 15) is 4.79 Å². The van der Waals surface area contributed by atoms with E-state index < -0.39 is 0 Å². The highest BCUT2D eigenvalue weighted by Gasteiger charge is 2.30. The largest absolute Gasteiger partial charge is 0.338 e. The second-order valence-corrected chi connectivity index (χ2v) is 9.29. The molecule has 1 fully saturated rings. The van der Waals surface area contributed by atoms with E-state index in [1.165, 1.54) is 17.3 Å². The van der Waals surface area contributed by atoms with Gasteiger partial charge in [-0.1, -0.05) is 68.0 Å². The summed E-state index contributed by atoms with van der Waals surface area (Å²) in [6, 6.07) is 12.0. The number of aromatic nitrogens is 4. The van der Waals surface area contributed by atoms with Crippen LogP contribution in [0.5, 0.6) is 0 Å². The van der Waals surface area contributed by atoms with Crippen LogP contribution in [0, 0.1) is 0 Å². The number of nitrogens with zero attached hydrogens (tertiary/aromatic N) is 4. The first-order chi connectivity index (χ1) is 13.9. The van der Waals surface area contributed by atoms with Crippen LogP contribution in [0.3, 0.4) is 0 Å². The summed E-state index contributed by atoms with van der Waals surface area (Å²) >= 11 is 1.39. The molecule has 0 atom stereocenters. The Morgan fingerprint density at radius 3 is 2.66 bits per heavy atom. The van der Waals surface area contributed by atoms with Crippen molar-refractivity contribution < 1.29 is 9.32 Å². The maximum atomic E-state index is 12.4. The highest BCUT2D eigenvalue weighted by atomic mass is 32.2. The van der Waals surface area contributed by atoms with Gasteiger partial charge in [0.05, 0.1) is 18.0 Å². The number of thioether (sulfide) groups is 1. The van der Waals surface area contributed by atoms with Crippen LogP contribution in [0.4, 0.5) is 5.88 Å². The van der Waals surface area contributed by atoms with Crippen LogP contribution in [0.1, 0.15) is 56.6 Å². The standard InChI is InChI=1S/C21H25N5O2S/c1-21(2,3)16-11-18(28-25-16)22-17(27)13-29-20-24-23-19(15-9-10-15)26(20)12-14-7-5-4-6-8-14/h4-8,11,15H,9-10,12-13H2,1-3H3,(H,22,27). The van der Waals surface area contributed by atoms with Crippen molar-refractivity contribution in [1.82, 2.24) is 19.9 Å². The zero-order chi connectivity index (χ0) is 20.4. The van der Waals surface area contributed by atoms with Gasteiger partial charge in [0.1, 0.15) is 5.82 Å². The molecule has 1 N–H and O–H groups in total. The lowest BCUT2D eigenvalue weighted by Crippen LogP contribution is -2.15. The monoisotopic (exact) mass is 411 g/mol. The summed E-state index contributed by atoms with van der Waals surface area (Å²) in [5.41, 5.74) is 1.86. The average Bonchev–Trinajstić information content (AvgIpc) is 3.27. The number of hydrogen-bond acceptors (Lipinski definition) is 6. The van der Waals surface area contributed by atoms with Crippen molar-refractivity contribution in [2.24, 2.45) is 0 Å². The minimum Gasteiger partial charge on any atom is -0.338 e. The second kappa shape index (κ2) is 8.02. The Morgan fingerprint density at radius 1 is 1.24 bits per heavy atom. The minimum atomic E-state index is -0.158. The SMILES string of the molecule is CC(C)(C)c1cc(NC(=O)CSc2nnc(C3CC3)n2Cc2ccccc2)on1. The zero-order valence-corrected chi connectivity index (χ0v) is 17.7. The van der Waals surface area contributed by atoms with E-state index in [-0.39, 0.29) is 17.1 Å². The lowest BCUT2D eigenvalue weighted by atomic mass is 9.92. The van der Waals surface area contributed by atoms with Gasteiger partial charge in [-0.25, -0.2) is 0 Å². The molecule has 4 rings (SSSR count). The van der Waals surface area contributed by atoms with Crippen molar-refractivity contribution in [2.45, 2.75) is 56.6 Å². The van der Waals surface area contributed by atoms with Gasteiger partial charge in [0, 0.05) is 17.4 Å². The van der Waals surface area contributed by atoms with Crippen LogP contribution < -0.4 is 5.32 Å². The summed E-state index contributed by atoms with van der Waals surface area (Å²) < 4.78 is 7.37. The number of benzene rings is 1. The zero-order valence-electron chi connectivity index (χ0n) is 16.9. The molecule has 1 saturated carbocycles. The molecular formula is C21H25N5O2S. The maximum absolute atomic E-state index is 12.4. The minimum absolute atomic E-state index is 0.131. The first kappa shape index (κ1) is 19.7. The molecule has 0 bridgehead atoms. The van der Waals surface area contributed by atoms with Gasteiger partial charge in [0.2, 0.25) is 11.8 Å². The number of hydrogen-bond donors (Lipinski definition) is 1. The predicted octanol–water partition coefficient (Wildman–Crippen LogP) is 4.22. The van der Waals surface area contributed by atoms with Crippen LogP contribution in [0.25, 0.3) is 0 Å². The molecule has 1 aliphatic carbocycles. The Morgan fingerprint density at radius 2 is 2.00 bits per heavy atom. The third-order valence-corrected chi connectivity index (χ3v) is 5.71. The molecule has 0 spiro atoms. The van der Waals surface area contributed by atoms with Crippen LogP contribution in [-0.2, 0) is 16.8 Å². The Bertz CT molecular complexity index is 986. The van der Waals surface area contributed by atoms with E-state index in [1.54, 1.807) is 6.07 Å². The molecule has 0 unspecified atom stereocenters. The first-order valence-corrected chi connectivity index (χ1v) is 10.8. The number of amides is 1. The van der Waals surface area contributed by atoms with Gasteiger partial charge in [-0.15, -0.1) is 10.2 Å². The normalized spacial score (nSPS) is 14.2.